The van der Waals surface area contributed by atoms with Gasteiger partial charge in [-0.05, 0) is 48.0 Å². The van der Waals surface area contributed by atoms with Crippen molar-refractivity contribution in [3.05, 3.63) is 103 Å². The Morgan fingerprint density at radius 2 is 1.71 bits per heavy atom. The van der Waals surface area contributed by atoms with Gasteiger partial charge in [-0.3, -0.25) is 4.79 Å². The van der Waals surface area contributed by atoms with Crippen LogP contribution in [0.15, 0.2) is 91.5 Å². The minimum absolute atomic E-state index is 0.199. The molecule has 156 valence electrons. The maximum atomic E-state index is 14.3. The normalized spacial score (nSPS) is 10.5. The highest BCUT2D eigenvalue weighted by molar-refractivity contribution is 5.92. The van der Waals surface area contributed by atoms with Gasteiger partial charge in [-0.2, -0.15) is 0 Å². The second kappa shape index (κ2) is 9.58. The van der Waals surface area contributed by atoms with E-state index in [1.807, 2.05) is 30.3 Å². The second-order valence-corrected chi connectivity index (χ2v) is 6.72. The van der Waals surface area contributed by atoms with Gasteiger partial charge in [0.25, 0.3) is 5.91 Å². The molecular formula is C24H20FN3O3. The second-order valence-electron chi connectivity index (χ2n) is 6.72. The summed E-state index contributed by atoms with van der Waals surface area (Å²) < 4.78 is 27.1. The minimum atomic E-state index is -0.470. The quantitative estimate of drug-likeness (QED) is 0.455. The lowest BCUT2D eigenvalue weighted by atomic mass is 10.2. The predicted molar refractivity (Wildman–Crippen MR) is 115 cm³/mol. The maximum absolute atomic E-state index is 14.3. The molecule has 1 amide bonds. The van der Waals surface area contributed by atoms with Crippen molar-refractivity contribution in [2.45, 2.75) is 6.61 Å². The molecule has 0 aliphatic rings. The standard InChI is InChI=1S/C24H20FN3O3/c25-22-14-19(6-11-23(22)28-13-12-26-17-28)27-24(29)16-31-21-9-7-20(8-10-21)30-15-18-4-2-1-3-5-18/h1-14,17H,15-16H2,(H,27,29). The van der Waals surface area contributed by atoms with E-state index >= 15 is 0 Å². The van der Waals surface area contributed by atoms with Crippen LogP contribution in [0.1, 0.15) is 5.56 Å². The summed E-state index contributed by atoms with van der Waals surface area (Å²) >= 11 is 0. The summed E-state index contributed by atoms with van der Waals surface area (Å²) in [7, 11) is 0. The van der Waals surface area contributed by atoms with Crippen molar-refractivity contribution in [2.24, 2.45) is 0 Å². The predicted octanol–water partition coefficient (Wildman–Crippen LogP) is 4.61. The topological polar surface area (TPSA) is 65.4 Å². The number of carbonyl (C=O) groups is 1. The van der Waals surface area contributed by atoms with E-state index in [1.54, 1.807) is 53.4 Å². The molecule has 4 rings (SSSR count). The fraction of sp³-hybridized carbons (Fsp3) is 0.0833. The fourth-order valence-corrected chi connectivity index (χ4v) is 2.91. The third kappa shape index (κ3) is 5.48. The highest BCUT2D eigenvalue weighted by Gasteiger charge is 2.09. The summed E-state index contributed by atoms with van der Waals surface area (Å²) in [5.74, 6) is 0.375. The van der Waals surface area contributed by atoms with Gasteiger partial charge in [-0.1, -0.05) is 30.3 Å². The van der Waals surface area contributed by atoms with Crippen LogP contribution in [-0.2, 0) is 11.4 Å². The molecule has 0 saturated heterocycles. The summed E-state index contributed by atoms with van der Waals surface area (Å²) in [4.78, 5) is 16.0. The summed E-state index contributed by atoms with van der Waals surface area (Å²) in [5, 5.41) is 2.62. The van der Waals surface area contributed by atoms with Crippen molar-refractivity contribution in [1.82, 2.24) is 9.55 Å². The number of nitrogens with zero attached hydrogens (tertiary/aromatic N) is 2. The number of amides is 1. The highest BCUT2D eigenvalue weighted by atomic mass is 19.1. The molecule has 0 fully saturated rings. The lowest BCUT2D eigenvalue weighted by Crippen LogP contribution is -2.20. The van der Waals surface area contributed by atoms with E-state index in [2.05, 4.69) is 10.3 Å². The Hall–Kier alpha value is -4.13. The Labute approximate surface area is 178 Å². The number of carbonyl (C=O) groups excluding carboxylic acids is 1. The van der Waals surface area contributed by atoms with Gasteiger partial charge in [-0.25, -0.2) is 9.37 Å². The van der Waals surface area contributed by atoms with Crippen LogP contribution >= 0.6 is 0 Å². The van der Waals surface area contributed by atoms with Crippen LogP contribution in [0.3, 0.4) is 0 Å². The molecular weight excluding hydrogens is 397 g/mol. The summed E-state index contributed by atoms with van der Waals surface area (Å²) in [5.41, 5.74) is 1.77. The first-order valence-electron chi connectivity index (χ1n) is 9.65. The number of aromatic nitrogens is 2. The molecule has 0 saturated carbocycles. The maximum Gasteiger partial charge on any atom is 0.262 e. The van der Waals surface area contributed by atoms with Gasteiger partial charge < -0.3 is 19.4 Å². The molecule has 1 heterocycles. The van der Waals surface area contributed by atoms with Crippen LogP contribution in [-0.4, -0.2) is 22.1 Å². The van der Waals surface area contributed by atoms with Crippen molar-refractivity contribution < 1.29 is 18.7 Å². The van der Waals surface area contributed by atoms with Crippen molar-refractivity contribution in [2.75, 3.05) is 11.9 Å². The van der Waals surface area contributed by atoms with E-state index in [9.17, 15) is 9.18 Å². The van der Waals surface area contributed by atoms with Gasteiger partial charge in [-0.15, -0.1) is 0 Å². The first-order chi connectivity index (χ1) is 15.2. The molecule has 31 heavy (non-hydrogen) atoms. The Morgan fingerprint density at radius 3 is 2.39 bits per heavy atom. The lowest BCUT2D eigenvalue weighted by molar-refractivity contribution is -0.118. The van der Waals surface area contributed by atoms with Gasteiger partial charge in [0.15, 0.2) is 6.61 Å². The SMILES string of the molecule is O=C(COc1ccc(OCc2ccccc2)cc1)Nc1ccc(-n2ccnc2)c(F)c1. The van der Waals surface area contributed by atoms with Gasteiger partial charge >= 0.3 is 0 Å². The van der Waals surface area contributed by atoms with Crippen LogP contribution in [0.2, 0.25) is 0 Å². The van der Waals surface area contributed by atoms with Crippen molar-refractivity contribution in [1.29, 1.82) is 0 Å². The monoisotopic (exact) mass is 417 g/mol. The van der Waals surface area contributed by atoms with E-state index in [0.717, 1.165) is 5.56 Å². The van der Waals surface area contributed by atoms with Crippen LogP contribution < -0.4 is 14.8 Å². The number of imidazole rings is 1. The van der Waals surface area contributed by atoms with Crippen molar-refractivity contribution in [3.63, 3.8) is 0 Å². The van der Waals surface area contributed by atoms with E-state index in [-0.39, 0.29) is 12.5 Å². The van der Waals surface area contributed by atoms with E-state index in [4.69, 9.17) is 9.47 Å². The Kier molecular flexibility index (Phi) is 6.23. The molecule has 3 aromatic carbocycles. The molecule has 0 atom stereocenters. The van der Waals surface area contributed by atoms with Gasteiger partial charge in [0.1, 0.15) is 23.9 Å². The molecule has 1 aromatic heterocycles. The fourth-order valence-electron chi connectivity index (χ4n) is 2.91. The highest BCUT2D eigenvalue weighted by Crippen LogP contribution is 2.20. The van der Waals surface area contributed by atoms with Crippen LogP contribution in [0.25, 0.3) is 5.69 Å². The molecule has 0 bridgehead atoms. The summed E-state index contributed by atoms with van der Waals surface area (Å²) in [6.07, 6.45) is 4.71. The Morgan fingerprint density at radius 1 is 0.968 bits per heavy atom. The summed E-state index contributed by atoms with van der Waals surface area (Å²) in [6.45, 7) is 0.273. The smallest absolute Gasteiger partial charge is 0.262 e. The minimum Gasteiger partial charge on any atom is -0.489 e. The molecule has 0 unspecified atom stereocenters. The number of rotatable bonds is 8. The molecule has 0 aliphatic carbocycles. The van der Waals surface area contributed by atoms with Crippen molar-refractivity contribution >= 4 is 11.6 Å². The molecule has 0 radical (unpaired) electrons. The lowest BCUT2D eigenvalue weighted by Gasteiger charge is -2.10. The number of ether oxygens (including phenoxy) is 2. The average Bonchev–Trinajstić information content (AvgIpc) is 3.32. The van der Waals surface area contributed by atoms with Crippen LogP contribution in [0, 0.1) is 5.82 Å². The van der Waals surface area contributed by atoms with Crippen molar-refractivity contribution in [3.8, 4) is 17.2 Å². The van der Waals surface area contributed by atoms with E-state index < -0.39 is 5.82 Å². The first kappa shape index (κ1) is 20.2. The van der Waals surface area contributed by atoms with E-state index in [0.29, 0.717) is 29.5 Å². The molecule has 4 aromatic rings. The number of hydrogen-bond donors (Lipinski definition) is 1. The van der Waals surface area contributed by atoms with E-state index in [1.165, 1.54) is 12.4 Å². The Bertz CT molecular complexity index is 1130. The average molecular weight is 417 g/mol. The number of halogens is 1. The number of anilines is 1. The number of nitrogens with one attached hydrogen (secondary N) is 1. The zero-order valence-electron chi connectivity index (χ0n) is 16.6. The zero-order valence-corrected chi connectivity index (χ0v) is 16.6. The Balaban J connectivity index is 1.26. The van der Waals surface area contributed by atoms with Gasteiger partial charge in [0.2, 0.25) is 0 Å². The van der Waals surface area contributed by atoms with Gasteiger partial charge in [0, 0.05) is 18.1 Å². The number of hydrogen-bond acceptors (Lipinski definition) is 4. The van der Waals surface area contributed by atoms with Crippen LogP contribution in [0.4, 0.5) is 10.1 Å². The number of benzene rings is 3. The van der Waals surface area contributed by atoms with Crippen LogP contribution in [0.5, 0.6) is 11.5 Å². The zero-order chi connectivity index (χ0) is 21.5. The summed E-state index contributed by atoms with van der Waals surface area (Å²) in [6, 6.07) is 21.3. The first-order valence-corrected chi connectivity index (χ1v) is 9.65. The third-order valence-electron chi connectivity index (χ3n) is 4.46. The molecule has 0 spiro atoms. The molecule has 7 heteroatoms. The van der Waals surface area contributed by atoms with Gasteiger partial charge in [0.05, 0.1) is 12.0 Å². The molecule has 0 aliphatic heterocycles. The third-order valence-corrected chi connectivity index (χ3v) is 4.46. The molecule has 6 nitrogen and oxygen atoms in total. The molecule has 1 N–H and O–H groups in total. The largest absolute Gasteiger partial charge is 0.489 e.